The number of hydrogen-bond acceptors (Lipinski definition) is 6. The molecule has 1 saturated heterocycles. The Morgan fingerprint density at radius 2 is 1.96 bits per heavy atom. The second kappa shape index (κ2) is 6.91. The van der Waals surface area contributed by atoms with E-state index in [0.29, 0.717) is 6.61 Å². The van der Waals surface area contributed by atoms with Crippen LogP contribution in [0.4, 0.5) is 0 Å². The van der Waals surface area contributed by atoms with Gasteiger partial charge in [-0.1, -0.05) is 30.3 Å². The number of benzene rings is 2. The quantitative estimate of drug-likeness (QED) is 0.632. The van der Waals surface area contributed by atoms with Crippen molar-refractivity contribution in [1.29, 1.82) is 0 Å². The Morgan fingerprint density at radius 3 is 2.79 bits per heavy atom. The van der Waals surface area contributed by atoms with Gasteiger partial charge in [0.05, 0.1) is 19.3 Å². The molecule has 4 atom stereocenters. The Bertz CT molecular complexity index is 982. The zero-order valence-electron chi connectivity index (χ0n) is 15.2. The van der Waals surface area contributed by atoms with Gasteiger partial charge in [0.15, 0.2) is 5.79 Å². The lowest BCUT2D eigenvalue weighted by molar-refractivity contribution is -0.326. The van der Waals surface area contributed by atoms with Crippen LogP contribution in [-0.2, 0) is 28.3 Å². The maximum Gasteiger partial charge on any atom is 0.198 e. The molecule has 1 aromatic heterocycles. The minimum absolute atomic E-state index is 0.143. The van der Waals surface area contributed by atoms with Gasteiger partial charge in [0, 0.05) is 28.0 Å². The Morgan fingerprint density at radius 1 is 1.11 bits per heavy atom. The van der Waals surface area contributed by atoms with E-state index in [0.717, 1.165) is 23.1 Å². The third-order valence-electron chi connectivity index (χ3n) is 5.68. The molecule has 146 valence electrons. The van der Waals surface area contributed by atoms with Crippen molar-refractivity contribution >= 4 is 21.4 Å². The number of thiophene rings is 1. The van der Waals surface area contributed by atoms with Crippen molar-refractivity contribution in [2.45, 2.75) is 43.5 Å². The minimum Gasteiger partial charge on any atom is -0.394 e. The zero-order chi connectivity index (χ0) is 19.3. The molecule has 2 aromatic carbocycles. The predicted molar refractivity (Wildman–Crippen MR) is 106 cm³/mol. The molecule has 0 amide bonds. The van der Waals surface area contributed by atoms with Crippen LogP contribution in [0.25, 0.3) is 10.1 Å². The largest absolute Gasteiger partial charge is 0.394 e. The van der Waals surface area contributed by atoms with Gasteiger partial charge < -0.3 is 24.8 Å². The molecule has 1 unspecified atom stereocenters. The normalized spacial score (nSPS) is 29.5. The van der Waals surface area contributed by atoms with E-state index in [1.165, 1.54) is 15.0 Å². The van der Waals surface area contributed by atoms with Gasteiger partial charge in [0.2, 0.25) is 0 Å². The van der Waals surface area contributed by atoms with Gasteiger partial charge in [-0.15, -0.1) is 11.3 Å². The Hall–Kier alpha value is -1.80. The summed E-state index contributed by atoms with van der Waals surface area (Å²) in [7, 11) is 0. The fourth-order valence-electron chi connectivity index (χ4n) is 4.23. The van der Waals surface area contributed by atoms with Crippen LogP contribution in [0.5, 0.6) is 0 Å². The van der Waals surface area contributed by atoms with Crippen LogP contribution in [-0.4, -0.2) is 40.2 Å². The van der Waals surface area contributed by atoms with Crippen LogP contribution in [0, 0.1) is 0 Å². The van der Waals surface area contributed by atoms with E-state index >= 15 is 0 Å². The number of aliphatic hydroxyl groups is 3. The van der Waals surface area contributed by atoms with Crippen LogP contribution in [0.15, 0.2) is 48.5 Å². The first kappa shape index (κ1) is 18.2. The van der Waals surface area contributed by atoms with E-state index < -0.39 is 24.1 Å². The standard InChI is InChI=1S/C22H22O5S/c23-11-19-21(25)18(24)10-22(27-19)17-8-13(5-6-15(17)12-26-22)7-16-9-14-3-1-2-4-20(14)28-16/h1-6,8-9,18-19,21,23-25H,7,10-12H2/t18-,19?,21+,22-/m1/s1. The van der Waals surface area contributed by atoms with Gasteiger partial charge in [-0.25, -0.2) is 0 Å². The maximum atomic E-state index is 10.3. The molecule has 1 spiro atoms. The summed E-state index contributed by atoms with van der Waals surface area (Å²) in [6.45, 7) is 0.0135. The number of rotatable bonds is 3. The Labute approximate surface area is 166 Å². The molecular weight excluding hydrogens is 376 g/mol. The van der Waals surface area contributed by atoms with Crippen molar-refractivity contribution < 1.29 is 24.8 Å². The molecule has 3 N–H and O–H groups in total. The average Bonchev–Trinajstić information content (AvgIpc) is 3.26. The lowest BCUT2D eigenvalue weighted by Crippen LogP contribution is -2.54. The van der Waals surface area contributed by atoms with Crippen molar-refractivity contribution in [3.8, 4) is 0 Å². The lowest BCUT2D eigenvalue weighted by atomic mass is 9.89. The van der Waals surface area contributed by atoms with Crippen LogP contribution >= 0.6 is 11.3 Å². The molecule has 5 rings (SSSR count). The summed E-state index contributed by atoms with van der Waals surface area (Å²) in [5, 5.41) is 31.1. The molecule has 2 aliphatic heterocycles. The molecule has 3 heterocycles. The van der Waals surface area contributed by atoms with Crippen LogP contribution in [0.1, 0.15) is 28.0 Å². The van der Waals surface area contributed by atoms with Gasteiger partial charge in [-0.3, -0.25) is 0 Å². The number of ether oxygens (including phenoxy) is 2. The Balaban J connectivity index is 1.47. The van der Waals surface area contributed by atoms with Crippen molar-refractivity contribution in [2.24, 2.45) is 0 Å². The summed E-state index contributed by atoms with van der Waals surface area (Å²) in [5.74, 6) is -1.11. The summed E-state index contributed by atoms with van der Waals surface area (Å²) in [6, 6.07) is 16.8. The highest BCUT2D eigenvalue weighted by molar-refractivity contribution is 7.19. The average molecular weight is 398 g/mol. The van der Waals surface area contributed by atoms with Gasteiger partial charge in [-0.05, 0) is 34.7 Å². The smallest absolute Gasteiger partial charge is 0.198 e. The predicted octanol–water partition coefficient (Wildman–Crippen LogP) is 2.68. The Kier molecular flexibility index (Phi) is 4.50. The first-order chi connectivity index (χ1) is 13.6. The highest BCUT2D eigenvalue weighted by Gasteiger charge is 2.51. The summed E-state index contributed by atoms with van der Waals surface area (Å²) in [6.07, 6.45) is -2.06. The first-order valence-corrected chi connectivity index (χ1v) is 10.3. The van der Waals surface area contributed by atoms with Crippen molar-refractivity contribution in [3.63, 3.8) is 0 Å². The SMILES string of the molecule is OCC1O[C@@]2(C[C@@H](O)[C@@H]1O)OCc1ccc(Cc3cc4ccccc4s3)cc12. The fraction of sp³-hybridized carbons (Fsp3) is 0.364. The van der Waals surface area contributed by atoms with Gasteiger partial charge in [0.25, 0.3) is 0 Å². The summed E-state index contributed by atoms with van der Waals surface area (Å²) in [5.41, 5.74) is 3.04. The van der Waals surface area contributed by atoms with Crippen molar-refractivity contribution in [2.75, 3.05) is 6.61 Å². The molecule has 0 aliphatic carbocycles. The second-order valence-corrected chi connectivity index (χ2v) is 8.73. The fourth-order valence-corrected chi connectivity index (χ4v) is 5.33. The van der Waals surface area contributed by atoms with Crippen LogP contribution in [0.2, 0.25) is 0 Å². The summed E-state index contributed by atoms with van der Waals surface area (Å²) >= 11 is 1.79. The van der Waals surface area contributed by atoms with E-state index in [1.807, 2.05) is 12.1 Å². The minimum atomic E-state index is -1.12. The number of fused-ring (bicyclic) bond motifs is 3. The van der Waals surface area contributed by atoms with E-state index in [2.05, 4.69) is 36.4 Å². The first-order valence-electron chi connectivity index (χ1n) is 9.46. The summed E-state index contributed by atoms with van der Waals surface area (Å²) in [4.78, 5) is 1.28. The van der Waals surface area contributed by atoms with E-state index in [1.54, 1.807) is 11.3 Å². The maximum absolute atomic E-state index is 10.3. The molecule has 2 aliphatic rings. The third-order valence-corrected chi connectivity index (χ3v) is 6.79. The highest BCUT2D eigenvalue weighted by Crippen LogP contribution is 2.46. The molecule has 3 aromatic rings. The van der Waals surface area contributed by atoms with Crippen molar-refractivity contribution in [3.05, 3.63) is 70.1 Å². The van der Waals surface area contributed by atoms with Crippen LogP contribution < -0.4 is 0 Å². The van der Waals surface area contributed by atoms with E-state index in [4.69, 9.17) is 9.47 Å². The third kappa shape index (κ3) is 2.97. The molecule has 0 saturated carbocycles. The number of aliphatic hydroxyl groups excluding tert-OH is 3. The topological polar surface area (TPSA) is 79.2 Å². The summed E-state index contributed by atoms with van der Waals surface area (Å²) < 4.78 is 13.2. The van der Waals surface area contributed by atoms with E-state index in [9.17, 15) is 15.3 Å². The molecule has 6 heteroatoms. The van der Waals surface area contributed by atoms with Gasteiger partial charge >= 0.3 is 0 Å². The number of hydrogen-bond donors (Lipinski definition) is 3. The van der Waals surface area contributed by atoms with Crippen molar-refractivity contribution in [1.82, 2.24) is 0 Å². The molecule has 5 nitrogen and oxygen atoms in total. The molecule has 28 heavy (non-hydrogen) atoms. The zero-order valence-corrected chi connectivity index (χ0v) is 16.1. The highest BCUT2D eigenvalue weighted by atomic mass is 32.1. The molecule has 0 bridgehead atoms. The molecule has 0 radical (unpaired) electrons. The van der Waals surface area contributed by atoms with E-state index in [-0.39, 0.29) is 13.0 Å². The lowest BCUT2D eigenvalue weighted by Gasteiger charge is -2.42. The second-order valence-electron chi connectivity index (χ2n) is 7.56. The monoisotopic (exact) mass is 398 g/mol. The van der Waals surface area contributed by atoms with Gasteiger partial charge in [0.1, 0.15) is 12.2 Å². The van der Waals surface area contributed by atoms with Crippen LogP contribution in [0.3, 0.4) is 0 Å². The van der Waals surface area contributed by atoms with Gasteiger partial charge in [-0.2, -0.15) is 0 Å². The molecular formula is C22H22O5S. The molecule has 1 fully saturated rings.